The fraction of sp³-hybridized carbons (Fsp3) is 0.625. The highest BCUT2D eigenvalue weighted by Crippen LogP contribution is 2.35. The van der Waals surface area contributed by atoms with E-state index in [9.17, 15) is 4.79 Å². The van der Waals surface area contributed by atoms with Crippen molar-refractivity contribution in [1.82, 2.24) is 9.88 Å². The first kappa shape index (κ1) is 15.4. The topological polar surface area (TPSA) is 60.9 Å². The first-order valence-corrected chi connectivity index (χ1v) is 7.63. The smallest absolute Gasteiger partial charge is 0.248 e. The lowest BCUT2D eigenvalue weighted by Crippen LogP contribution is -2.67. The van der Waals surface area contributed by atoms with Gasteiger partial charge in [-0.15, -0.1) is 0 Å². The van der Waals surface area contributed by atoms with E-state index in [-0.39, 0.29) is 24.2 Å². The molecule has 1 atom stereocenters. The van der Waals surface area contributed by atoms with Crippen LogP contribution in [0.5, 0.6) is 0 Å². The molecular formula is C16H22N2O4. The van der Waals surface area contributed by atoms with Crippen LogP contribution in [0.2, 0.25) is 0 Å². The maximum Gasteiger partial charge on any atom is 0.248 e. The highest BCUT2D eigenvalue weighted by Gasteiger charge is 2.49. The maximum absolute atomic E-state index is 11.7. The van der Waals surface area contributed by atoms with Crippen molar-refractivity contribution in [2.45, 2.75) is 31.2 Å². The molecule has 0 radical (unpaired) electrons. The van der Waals surface area contributed by atoms with Gasteiger partial charge >= 0.3 is 0 Å². The van der Waals surface area contributed by atoms with Gasteiger partial charge in [-0.2, -0.15) is 0 Å². The largest absolute Gasteiger partial charge is 0.375 e. The maximum atomic E-state index is 11.7. The van der Waals surface area contributed by atoms with Crippen molar-refractivity contribution >= 4 is 5.91 Å². The number of hydrogen-bond acceptors (Lipinski definition) is 5. The van der Waals surface area contributed by atoms with Gasteiger partial charge in [0.15, 0.2) is 0 Å². The molecule has 0 saturated carbocycles. The number of likely N-dealkylation sites (tertiary alicyclic amines) is 1. The van der Waals surface area contributed by atoms with Gasteiger partial charge in [-0.1, -0.05) is 6.07 Å². The Hall–Kier alpha value is -1.50. The molecule has 1 aromatic rings. The van der Waals surface area contributed by atoms with Crippen LogP contribution in [0, 0.1) is 0 Å². The summed E-state index contributed by atoms with van der Waals surface area (Å²) in [5.41, 5.74) is 0.713. The number of hydrogen-bond donors (Lipinski definition) is 0. The van der Waals surface area contributed by atoms with E-state index in [0.717, 1.165) is 18.5 Å². The number of methoxy groups -OCH3 is 1. The van der Waals surface area contributed by atoms with Crippen molar-refractivity contribution in [2.75, 3.05) is 33.4 Å². The van der Waals surface area contributed by atoms with Gasteiger partial charge in [0, 0.05) is 26.3 Å². The first-order valence-electron chi connectivity index (χ1n) is 7.63. The summed E-state index contributed by atoms with van der Waals surface area (Å²) in [7, 11) is 1.53. The van der Waals surface area contributed by atoms with E-state index >= 15 is 0 Å². The zero-order chi connectivity index (χ0) is 15.4. The number of carbonyl (C=O) groups is 1. The van der Waals surface area contributed by atoms with Crippen LogP contribution < -0.4 is 0 Å². The molecule has 2 aliphatic rings. The van der Waals surface area contributed by atoms with E-state index < -0.39 is 0 Å². The van der Waals surface area contributed by atoms with Crippen LogP contribution in [-0.4, -0.2) is 60.9 Å². The average Bonchev–Trinajstić information content (AvgIpc) is 2.52. The monoisotopic (exact) mass is 306 g/mol. The number of ether oxygens (including phenoxy) is 3. The van der Waals surface area contributed by atoms with Gasteiger partial charge in [-0.25, -0.2) is 0 Å². The van der Waals surface area contributed by atoms with Crippen LogP contribution in [0.1, 0.15) is 18.5 Å². The SMILES string of the molecule is COCC(=O)N1CC2(C[C@H](OCc3ccccn3)CCO2)C1. The predicted molar refractivity (Wildman–Crippen MR) is 79.2 cm³/mol. The van der Waals surface area contributed by atoms with Crippen molar-refractivity contribution in [3.8, 4) is 0 Å². The molecule has 0 N–H and O–H groups in total. The summed E-state index contributed by atoms with van der Waals surface area (Å²) in [4.78, 5) is 17.8. The fourth-order valence-electron chi connectivity index (χ4n) is 3.07. The zero-order valence-electron chi connectivity index (χ0n) is 12.9. The third-order valence-electron chi connectivity index (χ3n) is 4.22. The molecule has 1 aromatic heterocycles. The van der Waals surface area contributed by atoms with E-state index in [1.54, 1.807) is 11.1 Å². The second-order valence-corrected chi connectivity index (χ2v) is 5.96. The molecule has 1 amide bonds. The molecule has 6 nitrogen and oxygen atoms in total. The molecule has 2 fully saturated rings. The van der Waals surface area contributed by atoms with Gasteiger partial charge in [0.1, 0.15) is 12.2 Å². The molecular weight excluding hydrogens is 284 g/mol. The number of carbonyl (C=O) groups excluding carboxylic acids is 1. The highest BCUT2D eigenvalue weighted by atomic mass is 16.5. The number of rotatable bonds is 5. The Balaban J connectivity index is 1.47. The number of aromatic nitrogens is 1. The van der Waals surface area contributed by atoms with E-state index in [1.165, 1.54) is 7.11 Å². The number of amides is 1. The zero-order valence-corrected chi connectivity index (χ0v) is 12.9. The van der Waals surface area contributed by atoms with E-state index in [0.29, 0.717) is 26.3 Å². The second kappa shape index (κ2) is 6.73. The molecule has 3 rings (SSSR count). The quantitative estimate of drug-likeness (QED) is 0.812. The summed E-state index contributed by atoms with van der Waals surface area (Å²) in [6.07, 6.45) is 3.66. The lowest BCUT2D eigenvalue weighted by molar-refractivity contribution is -0.204. The van der Waals surface area contributed by atoms with Gasteiger partial charge in [0.25, 0.3) is 0 Å². The highest BCUT2D eigenvalue weighted by molar-refractivity contribution is 5.78. The van der Waals surface area contributed by atoms with Crippen LogP contribution in [0.3, 0.4) is 0 Å². The van der Waals surface area contributed by atoms with Crippen LogP contribution in [-0.2, 0) is 25.6 Å². The van der Waals surface area contributed by atoms with Crippen LogP contribution >= 0.6 is 0 Å². The van der Waals surface area contributed by atoms with Crippen molar-refractivity contribution in [2.24, 2.45) is 0 Å². The van der Waals surface area contributed by atoms with Gasteiger partial charge in [-0.05, 0) is 18.6 Å². The van der Waals surface area contributed by atoms with Gasteiger partial charge in [-0.3, -0.25) is 9.78 Å². The van der Waals surface area contributed by atoms with Crippen molar-refractivity contribution in [3.63, 3.8) is 0 Å². The fourth-order valence-corrected chi connectivity index (χ4v) is 3.07. The molecule has 0 aliphatic carbocycles. The van der Waals surface area contributed by atoms with Crippen LogP contribution in [0.15, 0.2) is 24.4 Å². The van der Waals surface area contributed by atoms with Gasteiger partial charge in [0.05, 0.1) is 31.5 Å². The third-order valence-corrected chi connectivity index (χ3v) is 4.22. The summed E-state index contributed by atoms with van der Waals surface area (Å²) in [5.74, 6) is 0.0215. The number of nitrogens with zero attached hydrogens (tertiary/aromatic N) is 2. The molecule has 0 bridgehead atoms. The molecule has 1 spiro atoms. The average molecular weight is 306 g/mol. The number of pyridine rings is 1. The Bertz CT molecular complexity index is 502. The summed E-state index contributed by atoms with van der Waals surface area (Å²) in [5, 5.41) is 0. The molecule has 0 aromatic carbocycles. The Labute approximate surface area is 130 Å². The summed E-state index contributed by atoms with van der Waals surface area (Å²) < 4.78 is 16.8. The molecule has 6 heteroatoms. The van der Waals surface area contributed by atoms with E-state index in [1.807, 2.05) is 18.2 Å². The Morgan fingerprint density at radius 1 is 1.50 bits per heavy atom. The summed E-state index contributed by atoms with van der Waals surface area (Å²) in [6.45, 7) is 2.61. The minimum Gasteiger partial charge on any atom is -0.375 e. The van der Waals surface area contributed by atoms with E-state index in [4.69, 9.17) is 14.2 Å². The van der Waals surface area contributed by atoms with Crippen molar-refractivity contribution in [3.05, 3.63) is 30.1 Å². The molecule has 22 heavy (non-hydrogen) atoms. The summed E-state index contributed by atoms with van der Waals surface area (Å²) in [6, 6.07) is 5.82. The van der Waals surface area contributed by atoms with Gasteiger partial charge < -0.3 is 19.1 Å². The second-order valence-electron chi connectivity index (χ2n) is 5.96. The molecule has 3 heterocycles. The van der Waals surface area contributed by atoms with Crippen molar-refractivity contribution in [1.29, 1.82) is 0 Å². The third kappa shape index (κ3) is 3.45. The molecule has 0 unspecified atom stereocenters. The molecule has 2 aliphatic heterocycles. The Morgan fingerprint density at radius 2 is 2.36 bits per heavy atom. The van der Waals surface area contributed by atoms with Crippen LogP contribution in [0.4, 0.5) is 0 Å². The lowest BCUT2D eigenvalue weighted by atomic mass is 9.84. The Kier molecular flexibility index (Phi) is 4.71. The van der Waals surface area contributed by atoms with Gasteiger partial charge in [0.2, 0.25) is 5.91 Å². The van der Waals surface area contributed by atoms with Crippen molar-refractivity contribution < 1.29 is 19.0 Å². The lowest BCUT2D eigenvalue weighted by Gasteiger charge is -2.52. The first-order chi connectivity index (χ1) is 10.7. The molecule has 2 saturated heterocycles. The standard InChI is InChI=1S/C16H22N2O4/c1-20-10-15(19)18-11-16(12-18)8-14(5-7-22-16)21-9-13-4-2-3-6-17-13/h2-4,6,14H,5,7-12H2,1H3/t14-/m1/s1. The van der Waals surface area contributed by atoms with E-state index in [2.05, 4.69) is 4.98 Å². The minimum atomic E-state index is -0.226. The minimum absolute atomic E-state index is 0.0215. The predicted octanol–water partition coefficient (Wildman–Crippen LogP) is 1.00. The normalized spacial score (nSPS) is 23.3. The molecule has 120 valence electrons. The Morgan fingerprint density at radius 3 is 3.09 bits per heavy atom. The van der Waals surface area contributed by atoms with Crippen LogP contribution in [0.25, 0.3) is 0 Å². The summed E-state index contributed by atoms with van der Waals surface area (Å²) >= 11 is 0.